The maximum atomic E-state index is 13.7. The number of amides is 1. The van der Waals surface area contributed by atoms with Crippen molar-refractivity contribution in [2.45, 2.75) is 32.0 Å². The molecule has 3 heterocycles. The Labute approximate surface area is 192 Å². The Bertz CT molecular complexity index is 1490. The van der Waals surface area contributed by atoms with E-state index in [1.807, 2.05) is 0 Å². The summed E-state index contributed by atoms with van der Waals surface area (Å²) in [5, 5.41) is 0.561. The molecule has 2 aromatic heterocycles. The van der Waals surface area contributed by atoms with Gasteiger partial charge in [-0.2, -0.15) is 0 Å². The molecule has 0 radical (unpaired) electrons. The Kier molecular flexibility index (Phi) is 5.89. The number of carbonyl (C=O) groups is 1. The smallest absolute Gasteiger partial charge is 0.261 e. The number of halogens is 1. The number of hydrogen-bond donors (Lipinski definition) is 1. The van der Waals surface area contributed by atoms with Gasteiger partial charge in [0.25, 0.3) is 11.1 Å². The first kappa shape index (κ1) is 21.9. The van der Waals surface area contributed by atoms with Gasteiger partial charge in [-0.15, -0.1) is 0 Å². The number of benzene rings is 2. The van der Waals surface area contributed by atoms with E-state index >= 15 is 0 Å². The zero-order valence-corrected chi connectivity index (χ0v) is 18.2. The Morgan fingerprint density at radius 2 is 2.03 bits per heavy atom. The molecule has 1 fully saturated rings. The van der Waals surface area contributed by atoms with E-state index in [0.717, 1.165) is 23.5 Å². The molecule has 0 spiro atoms. The van der Waals surface area contributed by atoms with E-state index in [0.29, 0.717) is 35.4 Å². The molecular weight excluding hydrogens is 441 g/mol. The van der Waals surface area contributed by atoms with Gasteiger partial charge in [0.05, 0.1) is 40.8 Å². The fraction of sp³-hybridized carbons (Fsp3) is 0.292. The normalized spacial score (nSPS) is 15.7. The summed E-state index contributed by atoms with van der Waals surface area (Å²) in [6.45, 7) is 0.670. The number of carbonyl (C=O) groups excluding carboxylic acids is 1. The first-order valence-corrected chi connectivity index (χ1v) is 11.0. The van der Waals surface area contributed by atoms with Crippen LogP contribution in [0, 0.1) is 5.82 Å². The van der Waals surface area contributed by atoms with Crippen LogP contribution in [-0.4, -0.2) is 49.6 Å². The molecule has 1 unspecified atom stereocenters. The van der Waals surface area contributed by atoms with Crippen LogP contribution in [0.1, 0.15) is 18.7 Å². The summed E-state index contributed by atoms with van der Waals surface area (Å²) >= 11 is 0. The summed E-state index contributed by atoms with van der Waals surface area (Å²) in [7, 11) is 0. The fourth-order valence-electron chi connectivity index (χ4n) is 4.17. The van der Waals surface area contributed by atoms with Crippen LogP contribution in [0.25, 0.3) is 21.8 Å². The zero-order chi connectivity index (χ0) is 23.7. The number of fused-ring (bicyclic) bond motifs is 2. The third kappa shape index (κ3) is 4.44. The second-order valence-electron chi connectivity index (χ2n) is 8.28. The number of hydrogen-bond acceptors (Lipinski definition) is 6. The molecule has 5 rings (SSSR count). The summed E-state index contributed by atoms with van der Waals surface area (Å²) in [5.41, 5.74) is 0.0845. The SMILES string of the molecule is O=C(Cn1cnc2ccc(F)cc2c1=O)N(Cc1nc2ccccc2c(=O)[nH]1)CC1CCCO1. The number of rotatable bonds is 6. The van der Waals surface area contributed by atoms with Crippen LogP contribution in [0.15, 0.2) is 58.4 Å². The average Bonchev–Trinajstić information content (AvgIpc) is 3.34. The van der Waals surface area contributed by atoms with Gasteiger partial charge in [0.1, 0.15) is 18.2 Å². The maximum Gasteiger partial charge on any atom is 0.261 e. The molecule has 4 aromatic rings. The van der Waals surface area contributed by atoms with Gasteiger partial charge < -0.3 is 14.6 Å². The van der Waals surface area contributed by atoms with E-state index in [1.165, 1.54) is 23.4 Å². The molecule has 0 aliphatic carbocycles. The highest BCUT2D eigenvalue weighted by Gasteiger charge is 2.24. The molecule has 1 N–H and O–H groups in total. The van der Waals surface area contributed by atoms with Crippen molar-refractivity contribution < 1.29 is 13.9 Å². The van der Waals surface area contributed by atoms with Gasteiger partial charge in [-0.05, 0) is 43.2 Å². The van der Waals surface area contributed by atoms with Crippen molar-refractivity contribution in [2.24, 2.45) is 0 Å². The van der Waals surface area contributed by atoms with Crippen LogP contribution in [0.5, 0.6) is 0 Å². The van der Waals surface area contributed by atoms with E-state index in [2.05, 4.69) is 15.0 Å². The predicted octanol–water partition coefficient (Wildman–Crippen LogP) is 1.98. The number of ether oxygens (including phenoxy) is 1. The van der Waals surface area contributed by atoms with Crippen molar-refractivity contribution in [1.82, 2.24) is 24.4 Å². The molecule has 0 saturated carbocycles. The van der Waals surface area contributed by atoms with Crippen molar-refractivity contribution in [3.8, 4) is 0 Å². The van der Waals surface area contributed by atoms with Gasteiger partial charge in [-0.1, -0.05) is 12.1 Å². The lowest BCUT2D eigenvalue weighted by Gasteiger charge is -2.25. The van der Waals surface area contributed by atoms with Crippen molar-refractivity contribution in [3.05, 3.63) is 81.1 Å². The fourth-order valence-corrected chi connectivity index (χ4v) is 4.17. The number of aromatic nitrogens is 4. The molecular formula is C24H22FN5O4. The van der Waals surface area contributed by atoms with Crippen molar-refractivity contribution in [3.63, 3.8) is 0 Å². The standard InChI is InChI=1S/C24H22FN5O4/c25-15-7-8-19-18(10-15)24(33)30(14-26-19)13-22(31)29(11-16-4-3-9-34-16)12-21-27-20-6-2-1-5-17(20)23(32)28-21/h1-2,5-8,10,14,16H,3-4,9,11-13H2,(H,27,28,32). The molecule has 174 valence electrons. The molecule has 1 saturated heterocycles. The van der Waals surface area contributed by atoms with Gasteiger partial charge in [-0.25, -0.2) is 14.4 Å². The first-order chi connectivity index (χ1) is 16.5. The number of H-pyrrole nitrogens is 1. The minimum atomic E-state index is -0.554. The highest BCUT2D eigenvalue weighted by Crippen LogP contribution is 2.16. The van der Waals surface area contributed by atoms with Gasteiger partial charge in [0.2, 0.25) is 5.91 Å². The van der Waals surface area contributed by atoms with E-state index < -0.39 is 11.4 Å². The minimum Gasteiger partial charge on any atom is -0.376 e. The van der Waals surface area contributed by atoms with Gasteiger partial charge in [0, 0.05) is 13.2 Å². The predicted molar refractivity (Wildman–Crippen MR) is 123 cm³/mol. The molecule has 34 heavy (non-hydrogen) atoms. The van der Waals surface area contributed by atoms with Crippen molar-refractivity contribution >= 4 is 27.7 Å². The summed E-state index contributed by atoms with van der Waals surface area (Å²) in [5.74, 6) is -0.589. The van der Waals surface area contributed by atoms with Gasteiger partial charge in [-0.3, -0.25) is 19.0 Å². The monoisotopic (exact) mass is 463 g/mol. The van der Waals surface area contributed by atoms with Gasteiger partial charge in [0.15, 0.2) is 0 Å². The molecule has 1 aliphatic heterocycles. The summed E-state index contributed by atoms with van der Waals surface area (Å²) in [6.07, 6.45) is 2.84. The van der Waals surface area contributed by atoms with Crippen LogP contribution < -0.4 is 11.1 Å². The van der Waals surface area contributed by atoms with Crippen LogP contribution >= 0.6 is 0 Å². The van der Waals surface area contributed by atoms with E-state index in [9.17, 15) is 18.8 Å². The molecule has 1 atom stereocenters. The second kappa shape index (κ2) is 9.14. The summed E-state index contributed by atoms with van der Waals surface area (Å²) in [4.78, 5) is 51.5. The lowest BCUT2D eigenvalue weighted by Crippen LogP contribution is -2.41. The maximum absolute atomic E-state index is 13.7. The highest BCUT2D eigenvalue weighted by molar-refractivity contribution is 5.79. The zero-order valence-electron chi connectivity index (χ0n) is 18.2. The molecule has 2 aromatic carbocycles. The third-order valence-electron chi connectivity index (χ3n) is 5.89. The first-order valence-electron chi connectivity index (χ1n) is 11.0. The quantitative estimate of drug-likeness (QED) is 0.468. The third-order valence-corrected chi connectivity index (χ3v) is 5.89. The molecule has 1 amide bonds. The highest BCUT2D eigenvalue weighted by atomic mass is 19.1. The lowest BCUT2D eigenvalue weighted by atomic mass is 10.2. The van der Waals surface area contributed by atoms with E-state index in [1.54, 1.807) is 24.3 Å². The average molecular weight is 463 g/mol. The van der Waals surface area contributed by atoms with Crippen LogP contribution in [0.3, 0.4) is 0 Å². The Balaban J connectivity index is 1.44. The number of nitrogens with one attached hydrogen (secondary N) is 1. The number of para-hydroxylation sites is 1. The number of nitrogens with zero attached hydrogens (tertiary/aromatic N) is 4. The Morgan fingerprint density at radius 3 is 2.85 bits per heavy atom. The molecule has 10 heteroatoms. The van der Waals surface area contributed by atoms with E-state index in [-0.39, 0.29) is 36.0 Å². The van der Waals surface area contributed by atoms with Crippen molar-refractivity contribution in [1.29, 1.82) is 0 Å². The molecule has 9 nitrogen and oxygen atoms in total. The van der Waals surface area contributed by atoms with Crippen LogP contribution in [0.2, 0.25) is 0 Å². The topological polar surface area (TPSA) is 110 Å². The summed E-state index contributed by atoms with van der Waals surface area (Å²) < 4.78 is 20.5. The number of aromatic amines is 1. The largest absolute Gasteiger partial charge is 0.376 e. The van der Waals surface area contributed by atoms with Crippen LogP contribution in [0.4, 0.5) is 4.39 Å². The Morgan fingerprint density at radius 1 is 1.18 bits per heavy atom. The Hall–Kier alpha value is -3.92. The molecule has 0 bridgehead atoms. The van der Waals surface area contributed by atoms with Crippen LogP contribution in [-0.2, 0) is 22.6 Å². The summed E-state index contributed by atoms with van der Waals surface area (Å²) in [6, 6.07) is 10.7. The minimum absolute atomic E-state index is 0.0448. The lowest BCUT2D eigenvalue weighted by molar-refractivity contribution is -0.134. The van der Waals surface area contributed by atoms with Crippen molar-refractivity contribution in [2.75, 3.05) is 13.2 Å². The second-order valence-corrected chi connectivity index (χ2v) is 8.28. The van der Waals surface area contributed by atoms with Gasteiger partial charge >= 0.3 is 0 Å². The van der Waals surface area contributed by atoms with E-state index in [4.69, 9.17) is 4.74 Å². The molecule has 1 aliphatic rings.